The summed E-state index contributed by atoms with van der Waals surface area (Å²) in [5, 5.41) is 21.8. The Morgan fingerprint density at radius 3 is 2.58 bits per heavy atom. The molecule has 1 rings (SSSR count). The zero-order chi connectivity index (χ0) is 14.6. The van der Waals surface area contributed by atoms with Crippen molar-refractivity contribution >= 4 is 29.2 Å². The van der Waals surface area contributed by atoms with E-state index in [0.29, 0.717) is 5.56 Å². The second-order valence-electron chi connectivity index (χ2n) is 3.83. The minimum Gasteiger partial charge on any atom is -0.480 e. The maximum absolute atomic E-state index is 11.0. The summed E-state index contributed by atoms with van der Waals surface area (Å²) >= 11 is 5.85. The van der Waals surface area contributed by atoms with Crippen LogP contribution >= 0.6 is 11.6 Å². The van der Waals surface area contributed by atoms with Gasteiger partial charge in [0.05, 0.1) is 9.95 Å². The molecule has 0 saturated heterocycles. The third kappa shape index (κ3) is 4.22. The van der Waals surface area contributed by atoms with Crippen molar-refractivity contribution in [1.29, 1.82) is 0 Å². The third-order valence-electron chi connectivity index (χ3n) is 2.35. The third-order valence-corrected chi connectivity index (χ3v) is 2.70. The van der Waals surface area contributed by atoms with Gasteiger partial charge in [-0.15, -0.1) is 0 Å². The summed E-state index contributed by atoms with van der Waals surface area (Å²) < 4.78 is 0. The lowest BCUT2D eigenvalue weighted by molar-refractivity contribution is -0.384. The fraction of sp³-hybridized carbons (Fsp3) is 0.273. The van der Waals surface area contributed by atoms with Crippen LogP contribution < -0.4 is 5.32 Å². The molecule has 1 aromatic carbocycles. The van der Waals surface area contributed by atoms with E-state index in [1.807, 2.05) is 0 Å². The van der Waals surface area contributed by atoms with E-state index in [1.54, 1.807) is 0 Å². The Balaban J connectivity index is 2.94. The number of benzene rings is 1. The second-order valence-corrected chi connectivity index (χ2v) is 4.24. The van der Waals surface area contributed by atoms with Crippen molar-refractivity contribution in [3.05, 3.63) is 38.9 Å². The molecule has 0 bridgehead atoms. The lowest BCUT2D eigenvalue weighted by atomic mass is 10.1. The van der Waals surface area contributed by atoms with Gasteiger partial charge >= 0.3 is 5.97 Å². The number of rotatable bonds is 5. The first kappa shape index (κ1) is 14.9. The van der Waals surface area contributed by atoms with Crippen molar-refractivity contribution in [2.24, 2.45) is 0 Å². The van der Waals surface area contributed by atoms with Crippen LogP contribution in [-0.2, 0) is 16.0 Å². The highest BCUT2D eigenvalue weighted by atomic mass is 35.5. The summed E-state index contributed by atoms with van der Waals surface area (Å²) in [7, 11) is 0. The molecule has 1 amide bonds. The molecule has 0 aliphatic rings. The Bertz CT molecular complexity index is 532. The molecule has 0 fully saturated rings. The minimum atomic E-state index is -1.20. The number of halogens is 1. The summed E-state index contributed by atoms with van der Waals surface area (Å²) in [5.74, 6) is -1.69. The van der Waals surface area contributed by atoms with Gasteiger partial charge in [0.1, 0.15) is 6.04 Å². The smallest absolute Gasteiger partial charge is 0.326 e. The van der Waals surface area contributed by atoms with Crippen molar-refractivity contribution in [3.8, 4) is 0 Å². The van der Waals surface area contributed by atoms with Gasteiger partial charge in [0.15, 0.2) is 0 Å². The summed E-state index contributed by atoms with van der Waals surface area (Å²) in [6.07, 6.45) is -0.0499. The fourth-order valence-electron chi connectivity index (χ4n) is 1.48. The maximum Gasteiger partial charge on any atom is 0.326 e. The van der Waals surface area contributed by atoms with Crippen LogP contribution in [0.25, 0.3) is 0 Å². The number of nitro benzene ring substituents is 1. The molecule has 0 spiro atoms. The Morgan fingerprint density at radius 1 is 1.53 bits per heavy atom. The number of hydrogen-bond acceptors (Lipinski definition) is 4. The van der Waals surface area contributed by atoms with Crippen LogP contribution in [0.1, 0.15) is 12.5 Å². The lowest BCUT2D eigenvalue weighted by Crippen LogP contribution is -2.41. The number of non-ortho nitro benzene ring substituents is 1. The number of carbonyl (C=O) groups is 2. The highest BCUT2D eigenvalue weighted by Crippen LogP contribution is 2.23. The molecule has 0 radical (unpaired) electrons. The number of nitro groups is 1. The molecule has 0 aliphatic heterocycles. The van der Waals surface area contributed by atoms with Gasteiger partial charge in [0.25, 0.3) is 5.69 Å². The van der Waals surface area contributed by atoms with Crippen molar-refractivity contribution < 1.29 is 19.6 Å². The minimum absolute atomic E-state index is 0.0499. The average Bonchev–Trinajstić information content (AvgIpc) is 2.29. The molecule has 0 aliphatic carbocycles. The van der Waals surface area contributed by atoms with Crippen LogP contribution in [0.3, 0.4) is 0 Å². The van der Waals surface area contributed by atoms with Crippen molar-refractivity contribution in [1.82, 2.24) is 5.32 Å². The Hall–Kier alpha value is -2.15. The molecule has 0 aromatic heterocycles. The van der Waals surface area contributed by atoms with E-state index < -0.39 is 22.8 Å². The van der Waals surface area contributed by atoms with Gasteiger partial charge in [-0.25, -0.2) is 4.79 Å². The van der Waals surface area contributed by atoms with Crippen LogP contribution in [0.4, 0.5) is 5.69 Å². The quantitative estimate of drug-likeness (QED) is 0.627. The number of aliphatic carboxylic acids is 1. The fourth-order valence-corrected chi connectivity index (χ4v) is 1.73. The molecule has 102 valence electrons. The van der Waals surface area contributed by atoms with Crippen LogP contribution in [0.15, 0.2) is 18.2 Å². The first-order valence-electron chi connectivity index (χ1n) is 5.24. The van der Waals surface area contributed by atoms with Gasteiger partial charge in [-0.05, 0) is 5.56 Å². The van der Waals surface area contributed by atoms with Crippen LogP contribution in [-0.4, -0.2) is 27.9 Å². The van der Waals surface area contributed by atoms with E-state index in [2.05, 4.69) is 5.32 Å². The summed E-state index contributed by atoms with van der Waals surface area (Å²) in [6.45, 7) is 1.20. The SMILES string of the molecule is CC(=O)NC(Cc1ccc([N+](=O)[O-])cc1Cl)C(=O)O. The van der Waals surface area contributed by atoms with E-state index in [-0.39, 0.29) is 17.1 Å². The largest absolute Gasteiger partial charge is 0.480 e. The van der Waals surface area contributed by atoms with Crippen LogP contribution in [0.5, 0.6) is 0 Å². The number of carboxylic acids is 1. The number of nitrogens with zero attached hydrogens (tertiary/aromatic N) is 1. The van der Waals surface area contributed by atoms with Gasteiger partial charge in [-0.1, -0.05) is 17.7 Å². The molecule has 0 saturated carbocycles. The molecule has 7 nitrogen and oxygen atoms in total. The van der Waals surface area contributed by atoms with Crippen molar-refractivity contribution in [2.45, 2.75) is 19.4 Å². The number of carboxylic acid groups (broad SMARTS) is 1. The predicted octanol–water partition coefficient (Wildman–Crippen LogP) is 1.38. The Labute approximate surface area is 113 Å². The normalized spacial score (nSPS) is 11.7. The van der Waals surface area contributed by atoms with Gasteiger partial charge < -0.3 is 10.4 Å². The Kier molecular flexibility index (Phi) is 4.82. The molecule has 1 atom stereocenters. The standard InChI is InChI=1S/C11H11ClN2O5/c1-6(15)13-10(11(16)17)4-7-2-3-8(14(18)19)5-9(7)12/h2-3,5,10H,4H2,1H3,(H,13,15)(H,16,17). The zero-order valence-electron chi connectivity index (χ0n) is 9.92. The van der Waals surface area contributed by atoms with Crippen molar-refractivity contribution in [3.63, 3.8) is 0 Å². The maximum atomic E-state index is 11.0. The molecule has 2 N–H and O–H groups in total. The first-order chi connectivity index (χ1) is 8.81. The zero-order valence-corrected chi connectivity index (χ0v) is 10.7. The summed E-state index contributed by atoms with van der Waals surface area (Å²) in [4.78, 5) is 31.8. The van der Waals surface area contributed by atoms with Gasteiger partial charge in [0, 0.05) is 25.5 Å². The van der Waals surface area contributed by atoms with E-state index in [1.165, 1.54) is 19.1 Å². The molecule has 19 heavy (non-hydrogen) atoms. The van der Waals surface area contributed by atoms with Gasteiger partial charge in [-0.3, -0.25) is 14.9 Å². The van der Waals surface area contributed by atoms with Crippen LogP contribution in [0, 0.1) is 10.1 Å². The van der Waals surface area contributed by atoms with Gasteiger partial charge in [0.2, 0.25) is 5.91 Å². The molecule has 1 aromatic rings. The second kappa shape index (κ2) is 6.14. The molecule has 1 unspecified atom stereocenters. The summed E-state index contributed by atoms with van der Waals surface area (Å²) in [6, 6.07) is 2.62. The van der Waals surface area contributed by atoms with E-state index in [0.717, 1.165) is 6.07 Å². The van der Waals surface area contributed by atoms with E-state index >= 15 is 0 Å². The topological polar surface area (TPSA) is 110 Å². The predicted molar refractivity (Wildman–Crippen MR) is 67.1 cm³/mol. The lowest BCUT2D eigenvalue weighted by Gasteiger charge is -2.13. The van der Waals surface area contributed by atoms with Crippen molar-refractivity contribution in [2.75, 3.05) is 0 Å². The van der Waals surface area contributed by atoms with E-state index in [4.69, 9.17) is 16.7 Å². The van der Waals surface area contributed by atoms with E-state index in [9.17, 15) is 19.7 Å². The molecular weight excluding hydrogens is 276 g/mol. The number of nitrogens with one attached hydrogen (secondary N) is 1. The number of amides is 1. The Morgan fingerprint density at radius 2 is 2.16 bits per heavy atom. The first-order valence-corrected chi connectivity index (χ1v) is 5.61. The molecule has 0 heterocycles. The average molecular weight is 287 g/mol. The highest BCUT2D eigenvalue weighted by molar-refractivity contribution is 6.31. The number of carbonyl (C=O) groups excluding carboxylic acids is 1. The van der Waals surface area contributed by atoms with Gasteiger partial charge in [-0.2, -0.15) is 0 Å². The monoisotopic (exact) mass is 286 g/mol. The molecule has 8 heteroatoms. The number of hydrogen-bond donors (Lipinski definition) is 2. The van der Waals surface area contributed by atoms with Crippen LogP contribution in [0.2, 0.25) is 5.02 Å². The highest BCUT2D eigenvalue weighted by Gasteiger charge is 2.21. The molecular formula is C11H11ClN2O5. The summed E-state index contributed by atoms with van der Waals surface area (Å²) in [5.41, 5.74) is 0.230.